The second-order valence-electron chi connectivity index (χ2n) is 4.23. The van der Waals surface area contributed by atoms with Gasteiger partial charge in [-0.1, -0.05) is 69.6 Å². The highest BCUT2D eigenvalue weighted by Gasteiger charge is 2.34. The minimum Gasteiger partial charge on any atom is -0.351 e. The van der Waals surface area contributed by atoms with E-state index in [9.17, 15) is 9.59 Å². The van der Waals surface area contributed by atoms with Gasteiger partial charge in [-0.05, 0) is 24.3 Å². The first-order valence-corrected chi connectivity index (χ1v) is 7.88. The zero-order valence-electron chi connectivity index (χ0n) is 10.4. The second kappa shape index (κ2) is 6.27. The number of hydrogen-bond donors (Lipinski definition) is 2. The van der Waals surface area contributed by atoms with Crippen LogP contribution in [0.4, 0.5) is 0 Å². The Morgan fingerprint density at radius 3 is 1.27 bits per heavy atom. The summed E-state index contributed by atoms with van der Waals surface area (Å²) in [5, 5.41) is 0. The number of carbonyl (C=O) groups excluding carboxylic acids is 2. The average Bonchev–Trinajstić information content (AvgIpc) is 3.03. The maximum atomic E-state index is 11.8. The fraction of sp³-hybridized carbons (Fsp3) is 0.167. The smallest absolute Gasteiger partial charge is 0.254 e. The highest BCUT2D eigenvalue weighted by Crippen LogP contribution is 2.32. The number of carbonyl (C=O) groups is 2. The number of hydrogen-bond acceptors (Lipinski definition) is 2. The lowest BCUT2D eigenvalue weighted by Gasteiger charge is -2.07. The fourth-order valence-electron chi connectivity index (χ4n) is 1.67. The van der Waals surface area contributed by atoms with Gasteiger partial charge in [0, 0.05) is 0 Å². The van der Waals surface area contributed by atoms with Gasteiger partial charge in [0.05, 0.1) is 22.8 Å². The van der Waals surface area contributed by atoms with E-state index >= 15 is 0 Å². The normalized spacial score (nSPS) is 12.5. The van der Waals surface area contributed by atoms with Gasteiger partial charge in [-0.3, -0.25) is 9.59 Å². The molecule has 0 bridgehead atoms. The van der Waals surface area contributed by atoms with Gasteiger partial charge in [0.15, 0.2) is 0 Å². The number of H-pyrrole nitrogens is 2. The Balaban J connectivity index is 2.28. The third kappa shape index (κ3) is 3.94. The van der Waals surface area contributed by atoms with E-state index in [4.69, 9.17) is 69.6 Å². The summed E-state index contributed by atoms with van der Waals surface area (Å²) in [4.78, 5) is 29.2. The molecule has 0 aromatic carbocycles. The number of nitrogens with one attached hydrogen (secondary N) is 2. The van der Waals surface area contributed by atoms with Crippen molar-refractivity contribution in [3.63, 3.8) is 0 Å². The van der Waals surface area contributed by atoms with E-state index in [1.165, 1.54) is 12.1 Å². The summed E-state index contributed by atoms with van der Waals surface area (Å²) in [7, 11) is 0. The van der Waals surface area contributed by atoms with Gasteiger partial charge in [-0.15, -0.1) is 0 Å². The summed E-state index contributed by atoms with van der Waals surface area (Å²) in [6.07, 6.45) is 0. The van der Waals surface area contributed by atoms with Crippen molar-refractivity contribution in [1.82, 2.24) is 9.97 Å². The Bertz CT molecular complexity index is 660. The lowest BCUT2D eigenvalue weighted by molar-refractivity contribution is 0.0984. The van der Waals surface area contributed by atoms with E-state index in [0.29, 0.717) is 11.4 Å². The molecular weight excluding hydrogens is 417 g/mol. The Morgan fingerprint density at radius 1 is 0.682 bits per heavy atom. The van der Waals surface area contributed by atoms with Gasteiger partial charge in [-0.2, -0.15) is 0 Å². The summed E-state index contributed by atoms with van der Waals surface area (Å²) in [5.74, 6) is -1.40. The summed E-state index contributed by atoms with van der Waals surface area (Å²) in [5.41, 5.74) is 1.22. The average molecular weight is 423 g/mol. The molecule has 0 fully saturated rings. The summed E-state index contributed by atoms with van der Waals surface area (Å²) < 4.78 is -4.12. The quantitative estimate of drug-likeness (QED) is 0.532. The first kappa shape index (κ1) is 18.0. The summed E-state index contributed by atoms with van der Waals surface area (Å²) >= 11 is 33.2. The number of halogens is 6. The molecule has 118 valence electrons. The van der Waals surface area contributed by atoms with E-state index in [2.05, 4.69) is 9.97 Å². The number of alkyl halides is 6. The molecular formula is C12H6Cl6N2O2. The van der Waals surface area contributed by atoms with Crippen LogP contribution in [0.5, 0.6) is 0 Å². The van der Waals surface area contributed by atoms with Crippen molar-refractivity contribution in [1.29, 1.82) is 0 Å². The van der Waals surface area contributed by atoms with Crippen molar-refractivity contribution in [2.75, 3.05) is 0 Å². The van der Waals surface area contributed by atoms with Crippen molar-refractivity contribution in [2.24, 2.45) is 0 Å². The van der Waals surface area contributed by atoms with E-state index in [0.717, 1.165) is 0 Å². The van der Waals surface area contributed by atoms with Crippen LogP contribution in [0.25, 0.3) is 11.4 Å². The minimum atomic E-state index is -2.06. The second-order valence-corrected chi connectivity index (χ2v) is 8.79. The topological polar surface area (TPSA) is 65.7 Å². The Kier molecular flexibility index (Phi) is 5.12. The molecule has 22 heavy (non-hydrogen) atoms. The van der Waals surface area contributed by atoms with Crippen molar-refractivity contribution in [3.8, 4) is 11.4 Å². The molecule has 0 saturated heterocycles. The zero-order valence-corrected chi connectivity index (χ0v) is 14.9. The van der Waals surface area contributed by atoms with Crippen molar-refractivity contribution in [2.45, 2.75) is 7.59 Å². The lowest BCUT2D eigenvalue weighted by atomic mass is 10.3. The maximum Gasteiger partial charge on any atom is 0.254 e. The number of ketones is 2. The van der Waals surface area contributed by atoms with E-state index in [-0.39, 0.29) is 11.4 Å². The molecule has 0 unspecified atom stereocenters. The third-order valence-corrected chi connectivity index (χ3v) is 3.70. The Morgan fingerprint density at radius 2 is 1.00 bits per heavy atom. The van der Waals surface area contributed by atoms with Crippen molar-refractivity contribution >= 4 is 81.2 Å². The number of aromatic amines is 2. The first-order valence-electron chi connectivity index (χ1n) is 5.61. The molecule has 0 aliphatic carbocycles. The predicted molar refractivity (Wildman–Crippen MR) is 89.8 cm³/mol. The van der Waals surface area contributed by atoms with Crippen LogP contribution in [0, 0.1) is 0 Å². The minimum absolute atomic E-state index is 0.110. The molecule has 0 aliphatic rings. The Hall–Kier alpha value is -0.360. The van der Waals surface area contributed by atoms with Gasteiger partial charge in [0.25, 0.3) is 7.59 Å². The van der Waals surface area contributed by atoms with Gasteiger partial charge in [0.2, 0.25) is 11.6 Å². The van der Waals surface area contributed by atoms with Gasteiger partial charge in [-0.25, -0.2) is 0 Å². The van der Waals surface area contributed by atoms with Gasteiger partial charge >= 0.3 is 0 Å². The number of Topliss-reactive ketones (excluding diaryl/α,β-unsaturated/α-hetero) is 2. The highest BCUT2D eigenvalue weighted by molar-refractivity contribution is 6.78. The van der Waals surface area contributed by atoms with Crippen LogP contribution < -0.4 is 0 Å². The molecule has 0 atom stereocenters. The molecule has 4 nitrogen and oxygen atoms in total. The van der Waals surface area contributed by atoms with Crippen LogP contribution in [-0.4, -0.2) is 29.1 Å². The number of rotatable bonds is 3. The molecule has 2 aromatic rings. The molecule has 0 radical (unpaired) electrons. The summed E-state index contributed by atoms with van der Waals surface area (Å²) in [6.45, 7) is 0. The molecule has 0 saturated carbocycles. The third-order valence-electron chi connectivity index (χ3n) is 2.67. The first-order chi connectivity index (χ1) is 10.00. The number of aromatic nitrogens is 2. The molecule has 0 aliphatic heterocycles. The maximum absolute atomic E-state index is 11.8. The summed E-state index contributed by atoms with van der Waals surface area (Å²) in [6, 6.07) is 6.08. The SMILES string of the molecule is O=C(c1ccc(-c2ccc(C(=O)C(Cl)(Cl)Cl)[nH]2)[nH]1)C(Cl)(Cl)Cl. The van der Waals surface area contributed by atoms with Gasteiger partial charge < -0.3 is 9.97 Å². The van der Waals surface area contributed by atoms with Crippen molar-refractivity contribution in [3.05, 3.63) is 35.7 Å². The molecule has 0 amide bonds. The molecule has 2 rings (SSSR count). The van der Waals surface area contributed by atoms with Crippen LogP contribution in [0.1, 0.15) is 21.0 Å². The molecule has 2 heterocycles. The standard InChI is InChI=1S/C12H6Cl6N2O2/c13-11(14,15)9(21)7-3-1-5(19-7)6-2-4-8(20-6)10(22)12(16,17)18/h1-4,19-20H. The van der Waals surface area contributed by atoms with Gasteiger partial charge in [0.1, 0.15) is 0 Å². The molecule has 0 spiro atoms. The largest absolute Gasteiger partial charge is 0.351 e. The molecule has 2 aromatic heterocycles. The molecule has 10 heteroatoms. The van der Waals surface area contributed by atoms with Crippen LogP contribution >= 0.6 is 69.6 Å². The van der Waals surface area contributed by atoms with Crippen LogP contribution in [0.3, 0.4) is 0 Å². The van der Waals surface area contributed by atoms with E-state index < -0.39 is 19.2 Å². The highest BCUT2D eigenvalue weighted by atomic mass is 35.6. The zero-order chi connectivity index (χ0) is 16.7. The van der Waals surface area contributed by atoms with Crippen LogP contribution in [-0.2, 0) is 0 Å². The van der Waals surface area contributed by atoms with E-state index in [1.807, 2.05) is 0 Å². The monoisotopic (exact) mass is 420 g/mol. The van der Waals surface area contributed by atoms with Crippen LogP contribution in [0.15, 0.2) is 24.3 Å². The fourth-order valence-corrected chi connectivity index (χ4v) is 2.29. The van der Waals surface area contributed by atoms with Crippen LogP contribution in [0.2, 0.25) is 0 Å². The lowest BCUT2D eigenvalue weighted by Crippen LogP contribution is -2.19. The predicted octanol–water partition coefficient (Wildman–Crippen LogP) is 5.12. The van der Waals surface area contributed by atoms with Crippen molar-refractivity contribution < 1.29 is 9.59 Å². The Labute approximate surface area is 155 Å². The van der Waals surface area contributed by atoms with E-state index in [1.54, 1.807) is 12.1 Å². The molecule has 2 N–H and O–H groups in total.